The summed E-state index contributed by atoms with van der Waals surface area (Å²) in [6.45, 7) is 2.55. The highest BCUT2D eigenvalue weighted by molar-refractivity contribution is 7.15. The standard InChI is InChI=1S/C20H18N4O2S/c1-13-7-9-14(10-8-13)18(26)21-20-23-22-19(27-20)15-11-17(25)24(12-15)16-5-3-2-4-6-16/h2-10,15H,11-12H2,1H3,(H,21,23,26)/t15-/m0/s1. The summed E-state index contributed by atoms with van der Waals surface area (Å²) in [5.74, 6) is -0.155. The van der Waals surface area contributed by atoms with Crippen LogP contribution in [0.4, 0.5) is 10.8 Å². The van der Waals surface area contributed by atoms with Crippen LogP contribution in [0.1, 0.15) is 33.3 Å². The number of nitrogens with one attached hydrogen (secondary N) is 1. The highest BCUT2D eigenvalue weighted by Gasteiger charge is 2.33. The lowest BCUT2D eigenvalue weighted by atomic mass is 10.1. The molecular formula is C20H18N4O2S. The van der Waals surface area contributed by atoms with Gasteiger partial charge in [-0.3, -0.25) is 14.9 Å². The van der Waals surface area contributed by atoms with Gasteiger partial charge in [0.05, 0.1) is 0 Å². The summed E-state index contributed by atoms with van der Waals surface area (Å²) in [5, 5.41) is 12.3. The summed E-state index contributed by atoms with van der Waals surface area (Å²) < 4.78 is 0. The van der Waals surface area contributed by atoms with E-state index in [2.05, 4.69) is 15.5 Å². The highest BCUT2D eigenvalue weighted by Crippen LogP contribution is 2.34. The molecule has 1 atom stereocenters. The van der Waals surface area contributed by atoms with Gasteiger partial charge >= 0.3 is 0 Å². The first-order valence-electron chi connectivity index (χ1n) is 8.67. The summed E-state index contributed by atoms with van der Waals surface area (Å²) >= 11 is 1.32. The first-order chi connectivity index (χ1) is 13.1. The summed E-state index contributed by atoms with van der Waals surface area (Å²) in [6, 6.07) is 16.9. The summed E-state index contributed by atoms with van der Waals surface area (Å²) in [6.07, 6.45) is 0.398. The Morgan fingerprint density at radius 3 is 2.59 bits per heavy atom. The molecule has 136 valence electrons. The molecule has 1 N–H and O–H groups in total. The van der Waals surface area contributed by atoms with Gasteiger partial charge in [-0.15, -0.1) is 10.2 Å². The smallest absolute Gasteiger partial charge is 0.257 e. The number of anilines is 2. The quantitative estimate of drug-likeness (QED) is 0.752. The molecule has 0 saturated carbocycles. The molecule has 1 saturated heterocycles. The van der Waals surface area contributed by atoms with E-state index in [-0.39, 0.29) is 17.7 Å². The summed E-state index contributed by atoms with van der Waals surface area (Å²) in [5.41, 5.74) is 2.56. The van der Waals surface area contributed by atoms with Crippen LogP contribution in [0, 0.1) is 6.92 Å². The number of carbonyl (C=O) groups is 2. The van der Waals surface area contributed by atoms with Crippen LogP contribution in [0.5, 0.6) is 0 Å². The van der Waals surface area contributed by atoms with Crippen LogP contribution in [-0.2, 0) is 4.79 Å². The maximum Gasteiger partial charge on any atom is 0.257 e. The SMILES string of the molecule is Cc1ccc(C(=O)Nc2nnc([C@H]3CC(=O)N(c4ccccc4)C3)s2)cc1. The van der Waals surface area contributed by atoms with Gasteiger partial charge in [-0.1, -0.05) is 47.2 Å². The Kier molecular flexibility index (Phi) is 4.68. The average molecular weight is 378 g/mol. The van der Waals surface area contributed by atoms with E-state index < -0.39 is 0 Å². The van der Waals surface area contributed by atoms with Gasteiger partial charge in [-0.05, 0) is 31.2 Å². The molecule has 1 aliphatic rings. The van der Waals surface area contributed by atoms with Crippen molar-refractivity contribution in [3.63, 3.8) is 0 Å². The number of amides is 2. The molecule has 0 bridgehead atoms. The van der Waals surface area contributed by atoms with E-state index in [9.17, 15) is 9.59 Å². The fourth-order valence-electron chi connectivity index (χ4n) is 3.05. The number of carbonyl (C=O) groups excluding carboxylic acids is 2. The van der Waals surface area contributed by atoms with Gasteiger partial charge in [-0.2, -0.15) is 0 Å². The molecular weight excluding hydrogens is 360 g/mol. The van der Waals surface area contributed by atoms with E-state index in [1.54, 1.807) is 17.0 Å². The Morgan fingerprint density at radius 2 is 1.85 bits per heavy atom. The number of hydrogen-bond acceptors (Lipinski definition) is 5. The maximum atomic E-state index is 12.4. The van der Waals surface area contributed by atoms with Crippen molar-refractivity contribution >= 4 is 34.0 Å². The number of benzene rings is 2. The number of para-hydroxylation sites is 1. The van der Waals surface area contributed by atoms with E-state index in [4.69, 9.17) is 0 Å². The van der Waals surface area contributed by atoms with Crippen molar-refractivity contribution in [2.24, 2.45) is 0 Å². The number of aryl methyl sites for hydroxylation is 1. The topological polar surface area (TPSA) is 75.2 Å². The summed E-state index contributed by atoms with van der Waals surface area (Å²) in [4.78, 5) is 26.5. The van der Waals surface area contributed by atoms with Crippen molar-refractivity contribution in [2.75, 3.05) is 16.8 Å². The second-order valence-electron chi connectivity index (χ2n) is 6.51. The monoisotopic (exact) mass is 378 g/mol. The van der Waals surface area contributed by atoms with Crippen LogP contribution in [0.15, 0.2) is 54.6 Å². The van der Waals surface area contributed by atoms with Crippen LogP contribution in [0.3, 0.4) is 0 Å². The molecule has 3 aromatic rings. The zero-order valence-corrected chi connectivity index (χ0v) is 15.6. The minimum absolute atomic E-state index is 0.0137. The number of aromatic nitrogens is 2. The van der Waals surface area contributed by atoms with Gasteiger partial charge in [0.25, 0.3) is 5.91 Å². The predicted molar refractivity (Wildman–Crippen MR) is 105 cm³/mol. The van der Waals surface area contributed by atoms with Crippen molar-refractivity contribution in [1.82, 2.24) is 10.2 Å². The van der Waals surface area contributed by atoms with Crippen molar-refractivity contribution < 1.29 is 9.59 Å². The lowest BCUT2D eigenvalue weighted by Gasteiger charge is -2.15. The molecule has 4 rings (SSSR count). The second kappa shape index (κ2) is 7.28. The van der Waals surface area contributed by atoms with Crippen LogP contribution in [-0.4, -0.2) is 28.6 Å². The van der Waals surface area contributed by atoms with E-state index >= 15 is 0 Å². The van der Waals surface area contributed by atoms with E-state index in [1.807, 2.05) is 49.4 Å². The normalized spacial score (nSPS) is 16.6. The Hall–Kier alpha value is -3.06. The molecule has 1 aromatic heterocycles. The molecule has 6 nitrogen and oxygen atoms in total. The van der Waals surface area contributed by atoms with E-state index in [0.29, 0.717) is 23.7 Å². The van der Waals surface area contributed by atoms with Crippen LogP contribution >= 0.6 is 11.3 Å². The largest absolute Gasteiger partial charge is 0.312 e. The molecule has 0 spiro atoms. The van der Waals surface area contributed by atoms with Crippen LogP contribution < -0.4 is 10.2 Å². The average Bonchev–Trinajstić information content (AvgIpc) is 3.29. The third-order valence-corrected chi connectivity index (χ3v) is 5.52. The Bertz CT molecular complexity index is 969. The Balaban J connectivity index is 1.44. The fourth-order valence-corrected chi connectivity index (χ4v) is 3.88. The van der Waals surface area contributed by atoms with Crippen molar-refractivity contribution in [3.05, 3.63) is 70.7 Å². The first kappa shape index (κ1) is 17.4. The predicted octanol–water partition coefficient (Wildman–Crippen LogP) is 3.62. The fraction of sp³-hybridized carbons (Fsp3) is 0.200. The van der Waals surface area contributed by atoms with E-state index in [0.717, 1.165) is 16.3 Å². The zero-order chi connectivity index (χ0) is 18.8. The van der Waals surface area contributed by atoms with Gasteiger partial charge < -0.3 is 4.90 Å². The van der Waals surface area contributed by atoms with Gasteiger partial charge in [0.15, 0.2) is 0 Å². The molecule has 0 aliphatic carbocycles. The van der Waals surface area contributed by atoms with Gasteiger partial charge in [0.2, 0.25) is 11.0 Å². The first-order valence-corrected chi connectivity index (χ1v) is 9.48. The molecule has 0 unspecified atom stereocenters. The molecule has 0 radical (unpaired) electrons. The van der Waals surface area contributed by atoms with Crippen LogP contribution in [0.2, 0.25) is 0 Å². The van der Waals surface area contributed by atoms with Gasteiger partial charge in [-0.25, -0.2) is 0 Å². The lowest BCUT2D eigenvalue weighted by molar-refractivity contribution is -0.117. The number of hydrogen-bond donors (Lipinski definition) is 1. The van der Waals surface area contributed by atoms with E-state index in [1.165, 1.54) is 11.3 Å². The number of nitrogens with zero attached hydrogens (tertiary/aromatic N) is 3. The minimum Gasteiger partial charge on any atom is -0.312 e. The third-order valence-electron chi connectivity index (χ3n) is 4.52. The van der Waals surface area contributed by atoms with Crippen molar-refractivity contribution in [1.29, 1.82) is 0 Å². The lowest BCUT2D eigenvalue weighted by Crippen LogP contribution is -2.24. The Labute approximate surface area is 160 Å². The molecule has 2 aromatic carbocycles. The zero-order valence-electron chi connectivity index (χ0n) is 14.8. The van der Waals surface area contributed by atoms with Crippen LogP contribution in [0.25, 0.3) is 0 Å². The molecule has 2 amide bonds. The highest BCUT2D eigenvalue weighted by atomic mass is 32.1. The maximum absolute atomic E-state index is 12.4. The van der Waals surface area contributed by atoms with Gasteiger partial charge in [0, 0.05) is 30.1 Å². The minimum atomic E-state index is -0.217. The molecule has 7 heteroatoms. The molecule has 27 heavy (non-hydrogen) atoms. The number of rotatable bonds is 4. The van der Waals surface area contributed by atoms with Crippen molar-refractivity contribution in [3.8, 4) is 0 Å². The molecule has 2 heterocycles. The molecule has 1 aliphatic heterocycles. The van der Waals surface area contributed by atoms with Gasteiger partial charge in [0.1, 0.15) is 5.01 Å². The second-order valence-corrected chi connectivity index (χ2v) is 7.52. The Morgan fingerprint density at radius 1 is 1.11 bits per heavy atom. The molecule has 1 fully saturated rings. The van der Waals surface area contributed by atoms with Crippen molar-refractivity contribution in [2.45, 2.75) is 19.3 Å². The summed E-state index contributed by atoms with van der Waals surface area (Å²) in [7, 11) is 0. The third kappa shape index (κ3) is 3.73.